The lowest BCUT2D eigenvalue weighted by Crippen LogP contribution is -2.49. The fourth-order valence-electron chi connectivity index (χ4n) is 3.35. The predicted molar refractivity (Wildman–Crippen MR) is 80.6 cm³/mol. The highest BCUT2D eigenvalue weighted by molar-refractivity contribution is 6.30. The lowest BCUT2D eigenvalue weighted by Gasteiger charge is -2.44. The van der Waals surface area contributed by atoms with Crippen LogP contribution in [0.1, 0.15) is 31.2 Å². The molecule has 0 aliphatic carbocycles. The highest BCUT2D eigenvalue weighted by Gasteiger charge is 2.37. The number of nitrogens with one attached hydrogen (secondary N) is 1. The first-order valence-electron chi connectivity index (χ1n) is 7.39. The summed E-state index contributed by atoms with van der Waals surface area (Å²) in [6.07, 6.45) is 4.14. The molecular formula is C16H21ClN2O. The summed E-state index contributed by atoms with van der Waals surface area (Å²) >= 11 is 6.03. The molecule has 1 amide bonds. The molecule has 2 aliphatic heterocycles. The molecule has 1 aromatic carbocycles. The van der Waals surface area contributed by atoms with E-state index in [9.17, 15) is 4.79 Å². The third kappa shape index (κ3) is 3.15. The molecule has 2 saturated heterocycles. The van der Waals surface area contributed by atoms with Gasteiger partial charge < -0.3 is 5.32 Å². The first-order valence-corrected chi connectivity index (χ1v) is 7.77. The summed E-state index contributed by atoms with van der Waals surface area (Å²) in [6.45, 7) is 4.07. The zero-order valence-corrected chi connectivity index (χ0v) is 12.5. The molecule has 2 aliphatic rings. The molecule has 3 nitrogen and oxygen atoms in total. The fourth-order valence-corrected chi connectivity index (χ4v) is 3.56. The van der Waals surface area contributed by atoms with E-state index in [0.29, 0.717) is 11.8 Å². The lowest BCUT2D eigenvalue weighted by atomic mass is 9.73. The molecular weight excluding hydrogens is 272 g/mol. The van der Waals surface area contributed by atoms with Crippen molar-refractivity contribution in [3.63, 3.8) is 0 Å². The summed E-state index contributed by atoms with van der Waals surface area (Å²) in [4.78, 5) is 13.8. The SMILES string of the molecule is O=C1CCC2(CCN(Cc3cccc(Cl)c3)CC2)CN1. The standard InChI is InChI=1S/C16H21ClN2O/c17-14-3-1-2-13(10-14)11-19-8-6-16(7-9-19)5-4-15(20)18-12-16/h1-3,10H,4-9,11-12H2,(H,18,20). The van der Waals surface area contributed by atoms with Crippen LogP contribution < -0.4 is 5.32 Å². The average molecular weight is 293 g/mol. The molecule has 1 aromatic rings. The zero-order chi connectivity index (χ0) is 14.0. The number of rotatable bonds is 2. The first kappa shape index (κ1) is 13.9. The lowest BCUT2D eigenvalue weighted by molar-refractivity contribution is -0.125. The van der Waals surface area contributed by atoms with E-state index in [1.54, 1.807) is 0 Å². The van der Waals surface area contributed by atoms with Crippen molar-refractivity contribution in [1.82, 2.24) is 10.2 Å². The molecule has 0 radical (unpaired) electrons. The number of nitrogens with zero attached hydrogens (tertiary/aromatic N) is 1. The van der Waals surface area contributed by atoms with E-state index in [4.69, 9.17) is 11.6 Å². The minimum Gasteiger partial charge on any atom is -0.356 e. The third-order valence-corrected chi connectivity index (χ3v) is 4.99. The second kappa shape index (κ2) is 5.74. The molecule has 0 saturated carbocycles. The zero-order valence-electron chi connectivity index (χ0n) is 11.7. The van der Waals surface area contributed by atoms with Gasteiger partial charge in [-0.15, -0.1) is 0 Å². The van der Waals surface area contributed by atoms with Crippen molar-refractivity contribution in [3.8, 4) is 0 Å². The third-order valence-electron chi connectivity index (χ3n) is 4.75. The number of hydrogen-bond acceptors (Lipinski definition) is 2. The molecule has 0 bridgehead atoms. The summed E-state index contributed by atoms with van der Waals surface area (Å²) in [6, 6.07) is 8.12. The van der Waals surface area contributed by atoms with Crippen molar-refractivity contribution < 1.29 is 4.79 Å². The van der Waals surface area contributed by atoms with Crippen LogP contribution in [0.15, 0.2) is 24.3 Å². The van der Waals surface area contributed by atoms with Crippen molar-refractivity contribution in [2.45, 2.75) is 32.2 Å². The topological polar surface area (TPSA) is 32.3 Å². The van der Waals surface area contributed by atoms with E-state index in [1.165, 1.54) is 18.4 Å². The fraction of sp³-hybridized carbons (Fsp3) is 0.562. The highest BCUT2D eigenvalue weighted by atomic mass is 35.5. The summed E-state index contributed by atoms with van der Waals surface area (Å²) in [5.74, 6) is 0.219. The Bertz CT molecular complexity index is 483. The van der Waals surface area contributed by atoms with Crippen molar-refractivity contribution in [1.29, 1.82) is 0 Å². The molecule has 2 fully saturated rings. The minimum absolute atomic E-state index is 0.219. The maximum Gasteiger partial charge on any atom is 0.220 e. The van der Waals surface area contributed by atoms with Gasteiger partial charge in [0.25, 0.3) is 0 Å². The van der Waals surface area contributed by atoms with Gasteiger partial charge in [0.2, 0.25) is 5.91 Å². The second-order valence-electron chi connectivity index (χ2n) is 6.18. The van der Waals surface area contributed by atoms with Crippen LogP contribution in [-0.4, -0.2) is 30.4 Å². The van der Waals surface area contributed by atoms with Gasteiger partial charge in [-0.05, 0) is 55.5 Å². The first-order chi connectivity index (χ1) is 9.65. The average Bonchev–Trinajstić information content (AvgIpc) is 2.45. The molecule has 0 atom stereocenters. The Labute approximate surface area is 125 Å². The van der Waals surface area contributed by atoms with Gasteiger partial charge in [0.1, 0.15) is 0 Å². The highest BCUT2D eigenvalue weighted by Crippen LogP contribution is 2.37. The Morgan fingerprint density at radius 2 is 2.05 bits per heavy atom. The van der Waals surface area contributed by atoms with Crippen LogP contribution in [0.25, 0.3) is 0 Å². The van der Waals surface area contributed by atoms with Crippen LogP contribution in [0.2, 0.25) is 5.02 Å². The summed E-state index contributed by atoms with van der Waals surface area (Å²) in [5.41, 5.74) is 1.64. The molecule has 20 heavy (non-hydrogen) atoms. The predicted octanol–water partition coefficient (Wildman–Crippen LogP) is 2.83. The van der Waals surface area contributed by atoms with Crippen LogP contribution in [-0.2, 0) is 11.3 Å². The van der Waals surface area contributed by atoms with Gasteiger partial charge >= 0.3 is 0 Å². The Kier molecular flexibility index (Phi) is 3.99. The number of carbonyl (C=O) groups excluding carboxylic acids is 1. The molecule has 1 spiro atoms. The van der Waals surface area contributed by atoms with Crippen LogP contribution in [0.4, 0.5) is 0 Å². The number of likely N-dealkylation sites (tertiary alicyclic amines) is 1. The molecule has 0 aromatic heterocycles. The normalized spacial score (nSPS) is 22.8. The summed E-state index contributed by atoms with van der Waals surface area (Å²) in [5, 5.41) is 3.85. The maximum atomic E-state index is 11.3. The Hall–Kier alpha value is -1.06. The van der Waals surface area contributed by atoms with E-state index in [0.717, 1.165) is 37.6 Å². The van der Waals surface area contributed by atoms with Crippen LogP contribution in [0.3, 0.4) is 0 Å². The summed E-state index contributed by atoms with van der Waals surface area (Å²) < 4.78 is 0. The van der Waals surface area contributed by atoms with Gasteiger partial charge in [-0.25, -0.2) is 0 Å². The van der Waals surface area contributed by atoms with E-state index in [2.05, 4.69) is 16.3 Å². The summed E-state index contributed by atoms with van der Waals surface area (Å²) in [7, 11) is 0. The molecule has 4 heteroatoms. The van der Waals surface area contributed by atoms with Gasteiger partial charge in [0, 0.05) is 24.5 Å². The molecule has 108 valence electrons. The number of benzene rings is 1. The van der Waals surface area contributed by atoms with E-state index in [1.807, 2.05) is 18.2 Å². The maximum absolute atomic E-state index is 11.3. The van der Waals surface area contributed by atoms with Crippen molar-refractivity contribution in [3.05, 3.63) is 34.9 Å². The number of amides is 1. The van der Waals surface area contributed by atoms with Gasteiger partial charge in [0.15, 0.2) is 0 Å². The largest absolute Gasteiger partial charge is 0.356 e. The molecule has 3 rings (SSSR count). The van der Waals surface area contributed by atoms with Gasteiger partial charge in [-0.1, -0.05) is 23.7 Å². The van der Waals surface area contributed by atoms with Gasteiger partial charge in [-0.3, -0.25) is 9.69 Å². The van der Waals surface area contributed by atoms with Crippen molar-refractivity contribution >= 4 is 17.5 Å². The molecule has 0 unspecified atom stereocenters. The monoisotopic (exact) mass is 292 g/mol. The van der Waals surface area contributed by atoms with E-state index < -0.39 is 0 Å². The smallest absolute Gasteiger partial charge is 0.220 e. The minimum atomic E-state index is 0.219. The van der Waals surface area contributed by atoms with Gasteiger partial charge in [-0.2, -0.15) is 0 Å². The van der Waals surface area contributed by atoms with Crippen molar-refractivity contribution in [2.24, 2.45) is 5.41 Å². The Balaban J connectivity index is 1.55. The van der Waals surface area contributed by atoms with Crippen LogP contribution >= 0.6 is 11.6 Å². The Morgan fingerprint density at radius 1 is 1.25 bits per heavy atom. The quantitative estimate of drug-likeness (QED) is 0.909. The number of carbonyl (C=O) groups is 1. The Morgan fingerprint density at radius 3 is 2.70 bits per heavy atom. The van der Waals surface area contributed by atoms with E-state index >= 15 is 0 Å². The number of piperidine rings is 2. The van der Waals surface area contributed by atoms with Gasteiger partial charge in [0.05, 0.1) is 0 Å². The molecule has 2 heterocycles. The second-order valence-corrected chi connectivity index (χ2v) is 6.62. The van der Waals surface area contributed by atoms with Crippen molar-refractivity contribution in [2.75, 3.05) is 19.6 Å². The molecule has 1 N–H and O–H groups in total. The number of halogens is 1. The van der Waals surface area contributed by atoms with Crippen LogP contribution in [0, 0.1) is 5.41 Å². The number of hydrogen-bond donors (Lipinski definition) is 1. The van der Waals surface area contributed by atoms with Crippen LogP contribution in [0.5, 0.6) is 0 Å². The van der Waals surface area contributed by atoms with E-state index in [-0.39, 0.29) is 5.91 Å².